The predicted octanol–water partition coefficient (Wildman–Crippen LogP) is 16.6. The summed E-state index contributed by atoms with van der Waals surface area (Å²) in [4.78, 5) is 72.1. The Morgan fingerprint density at radius 1 is 0.346 bits per heavy atom. The molecule has 480 valence electrons. The van der Waals surface area contributed by atoms with Crippen molar-refractivity contribution in [2.75, 3.05) is 39.6 Å². The van der Waals surface area contributed by atoms with Crippen LogP contribution in [-0.2, 0) is 65.4 Å². The average molecular weight is 1200 g/mol. The molecule has 0 saturated heterocycles. The Bertz CT molecular complexity index is 1630. The Kier molecular flexibility index (Phi) is 51.1. The van der Waals surface area contributed by atoms with E-state index in [1.54, 1.807) is 0 Å². The smallest absolute Gasteiger partial charge is 0.462 e. The van der Waals surface area contributed by atoms with Crippen LogP contribution < -0.4 is 0 Å². The van der Waals surface area contributed by atoms with E-state index >= 15 is 0 Å². The van der Waals surface area contributed by atoms with Gasteiger partial charge in [-0.1, -0.05) is 242 Å². The first-order chi connectivity index (χ1) is 38.6. The van der Waals surface area contributed by atoms with Gasteiger partial charge in [-0.2, -0.15) is 0 Å². The number of unbranched alkanes of at least 4 members (excludes halogenated alkanes) is 24. The van der Waals surface area contributed by atoms with Crippen LogP contribution in [0.2, 0.25) is 0 Å². The molecule has 0 bridgehead atoms. The van der Waals surface area contributed by atoms with Crippen molar-refractivity contribution >= 4 is 39.5 Å². The third kappa shape index (κ3) is 55.7. The van der Waals surface area contributed by atoms with Gasteiger partial charge in [0.2, 0.25) is 0 Å². The normalized spacial score (nSPS) is 14.8. The number of carbonyl (C=O) groups excluding carboxylic acids is 4. The van der Waals surface area contributed by atoms with E-state index < -0.39 is 97.5 Å². The fourth-order valence-corrected chi connectivity index (χ4v) is 10.6. The van der Waals surface area contributed by atoms with Crippen LogP contribution in [0.4, 0.5) is 0 Å². The molecule has 0 aliphatic carbocycles. The molecule has 0 rings (SSSR count). The molecule has 0 aromatic rings. The first-order valence-electron chi connectivity index (χ1n) is 32.2. The molecule has 0 heterocycles. The van der Waals surface area contributed by atoms with Crippen molar-refractivity contribution in [3.05, 3.63) is 0 Å². The molecule has 0 aromatic carbocycles. The number of phosphoric ester groups is 2. The summed E-state index contributed by atoms with van der Waals surface area (Å²) in [5.41, 5.74) is 0. The maximum Gasteiger partial charge on any atom is 0.472 e. The minimum absolute atomic E-state index is 0.102. The molecule has 0 saturated carbocycles. The van der Waals surface area contributed by atoms with Gasteiger partial charge < -0.3 is 33.8 Å². The summed E-state index contributed by atoms with van der Waals surface area (Å²) >= 11 is 0. The van der Waals surface area contributed by atoms with Gasteiger partial charge in [0.25, 0.3) is 0 Å². The monoisotopic (exact) mass is 1200 g/mol. The van der Waals surface area contributed by atoms with Crippen LogP contribution in [0, 0.1) is 23.7 Å². The molecule has 4 unspecified atom stereocenters. The van der Waals surface area contributed by atoms with Crippen LogP contribution >= 0.6 is 15.6 Å². The summed E-state index contributed by atoms with van der Waals surface area (Å²) < 4.78 is 67.9. The van der Waals surface area contributed by atoms with Crippen molar-refractivity contribution in [3.8, 4) is 0 Å². The van der Waals surface area contributed by atoms with Crippen molar-refractivity contribution in [1.82, 2.24) is 0 Å². The molecule has 0 spiro atoms. The van der Waals surface area contributed by atoms with E-state index in [1.807, 2.05) is 0 Å². The van der Waals surface area contributed by atoms with Gasteiger partial charge in [-0.25, -0.2) is 9.13 Å². The first-order valence-corrected chi connectivity index (χ1v) is 35.2. The number of aliphatic hydroxyl groups is 1. The molecule has 81 heavy (non-hydrogen) atoms. The molecule has 6 atom stereocenters. The van der Waals surface area contributed by atoms with Crippen molar-refractivity contribution < 1.29 is 80.2 Å². The standard InChI is InChI=1S/C62H120O17P2/c1-9-55(8)41-33-25-20-21-27-35-43-60(65)73-49-58(78-61(66)44-36-28-17-11-10-14-22-30-38-52(2)3)51-77-81(70,71)75-47-56(63)46-74-80(68,69)76-50-57(79-62(67)45-37-29-19-13-16-24-32-40-54(6)7)48-72-59(64)42-34-26-18-12-15-23-31-39-53(4)5/h52-58,63H,9-51H2,1-8H3,(H,68,69)(H,70,71)/t55?,56?,57-,58-/m1/s1. The highest BCUT2D eigenvalue weighted by Gasteiger charge is 2.30. The van der Waals surface area contributed by atoms with Crippen molar-refractivity contribution in [2.24, 2.45) is 23.7 Å². The van der Waals surface area contributed by atoms with Gasteiger partial charge in [-0.15, -0.1) is 0 Å². The summed E-state index contributed by atoms with van der Waals surface area (Å²) in [6.45, 7) is 13.9. The molecule has 3 N–H and O–H groups in total. The fourth-order valence-electron chi connectivity index (χ4n) is 9.04. The third-order valence-electron chi connectivity index (χ3n) is 14.4. The Morgan fingerprint density at radius 2 is 0.593 bits per heavy atom. The van der Waals surface area contributed by atoms with Crippen LogP contribution in [0.25, 0.3) is 0 Å². The topological polar surface area (TPSA) is 237 Å². The summed E-state index contributed by atoms with van der Waals surface area (Å²) in [6, 6.07) is 0. The first kappa shape index (κ1) is 79.1. The minimum Gasteiger partial charge on any atom is -0.462 e. The summed E-state index contributed by atoms with van der Waals surface area (Å²) in [7, 11) is -9.88. The predicted molar refractivity (Wildman–Crippen MR) is 321 cm³/mol. The lowest BCUT2D eigenvalue weighted by atomic mass is 10.00. The van der Waals surface area contributed by atoms with Gasteiger partial charge in [-0.05, 0) is 49.4 Å². The number of carbonyl (C=O) groups is 4. The zero-order valence-electron chi connectivity index (χ0n) is 52.4. The molecule has 0 radical (unpaired) electrons. The number of hydrogen-bond donors (Lipinski definition) is 3. The number of rotatable bonds is 59. The highest BCUT2D eigenvalue weighted by Crippen LogP contribution is 2.45. The molecule has 0 aliphatic heterocycles. The number of hydrogen-bond acceptors (Lipinski definition) is 15. The summed E-state index contributed by atoms with van der Waals surface area (Å²) in [5.74, 6) is 0.704. The third-order valence-corrected chi connectivity index (χ3v) is 16.3. The van der Waals surface area contributed by atoms with Gasteiger partial charge in [-0.3, -0.25) is 37.3 Å². The molecule has 0 fully saturated rings. The largest absolute Gasteiger partial charge is 0.472 e. The number of aliphatic hydroxyl groups excluding tert-OH is 1. The minimum atomic E-state index is -4.94. The van der Waals surface area contributed by atoms with E-state index in [-0.39, 0.29) is 25.7 Å². The number of ether oxygens (including phenoxy) is 4. The average Bonchev–Trinajstić information content (AvgIpc) is 3.41. The van der Waals surface area contributed by atoms with Crippen molar-refractivity contribution in [1.29, 1.82) is 0 Å². The fraction of sp³-hybridized carbons (Fsp3) is 0.935. The van der Waals surface area contributed by atoms with Crippen LogP contribution in [-0.4, -0.2) is 96.7 Å². The van der Waals surface area contributed by atoms with Crippen LogP contribution in [0.3, 0.4) is 0 Å². The number of phosphoric acid groups is 2. The van der Waals surface area contributed by atoms with E-state index in [1.165, 1.54) is 83.5 Å². The lowest BCUT2D eigenvalue weighted by Gasteiger charge is -2.21. The number of esters is 4. The van der Waals surface area contributed by atoms with Gasteiger partial charge in [0, 0.05) is 25.7 Å². The Labute approximate surface area is 492 Å². The van der Waals surface area contributed by atoms with E-state index in [0.29, 0.717) is 37.5 Å². The molecular weight excluding hydrogens is 1080 g/mol. The van der Waals surface area contributed by atoms with E-state index in [9.17, 15) is 43.2 Å². The molecule has 19 heteroatoms. The Balaban J connectivity index is 5.26. The highest BCUT2D eigenvalue weighted by molar-refractivity contribution is 7.47. The Hall–Kier alpha value is -1.94. The van der Waals surface area contributed by atoms with E-state index in [4.69, 9.17) is 37.0 Å². The van der Waals surface area contributed by atoms with E-state index in [2.05, 4.69) is 55.4 Å². The molecule has 0 amide bonds. The van der Waals surface area contributed by atoms with E-state index in [0.717, 1.165) is 115 Å². The Morgan fingerprint density at radius 3 is 0.877 bits per heavy atom. The molecular formula is C62H120O17P2. The quantitative estimate of drug-likeness (QED) is 0.0222. The summed E-state index contributed by atoms with van der Waals surface area (Å²) in [6.07, 6.45) is 31.0. The van der Waals surface area contributed by atoms with Crippen molar-refractivity contribution in [2.45, 2.75) is 311 Å². The lowest BCUT2D eigenvalue weighted by molar-refractivity contribution is -0.161. The highest BCUT2D eigenvalue weighted by atomic mass is 31.2. The van der Waals surface area contributed by atoms with Crippen LogP contribution in [0.1, 0.15) is 293 Å². The van der Waals surface area contributed by atoms with Gasteiger partial charge in [0.1, 0.15) is 19.3 Å². The molecule has 0 aliphatic rings. The van der Waals surface area contributed by atoms with Crippen molar-refractivity contribution in [3.63, 3.8) is 0 Å². The lowest BCUT2D eigenvalue weighted by Crippen LogP contribution is -2.30. The maximum atomic E-state index is 12.9. The van der Waals surface area contributed by atoms with Gasteiger partial charge >= 0.3 is 39.5 Å². The maximum absolute atomic E-state index is 12.9. The van der Waals surface area contributed by atoms with Crippen LogP contribution in [0.5, 0.6) is 0 Å². The zero-order valence-corrected chi connectivity index (χ0v) is 54.2. The molecule has 0 aromatic heterocycles. The molecule has 17 nitrogen and oxygen atoms in total. The SMILES string of the molecule is CCC(C)CCCCCCCCC(=O)OC[C@H](COP(=O)(O)OCC(O)COP(=O)(O)OC[C@@H](COC(=O)CCCCCCCCCC(C)C)OC(=O)CCCCCCCCCC(C)C)OC(=O)CCCCCCCCCCC(C)C. The van der Waals surface area contributed by atoms with Crippen LogP contribution in [0.15, 0.2) is 0 Å². The second-order valence-corrected chi connectivity index (χ2v) is 27.0. The zero-order chi connectivity index (χ0) is 60.4. The van der Waals surface area contributed by atoms with Gasteiger partial charge in [0.15, 0.2) is 12.2 Å². The second kappa shape index (κ2) is 52.4. The summed E-state index contributed by atoms with van der Waals surface area (Å²) in [5, 5.41) is 10.5. The second-order valence-electron chi connectivity index (χ2n) is 24.1. The van der Waals surface area contributed by atoms with Gasteiger partial charge in [0.05, 0.1) is 26.4 Å².